The van der Waals surface area contributed by atoms with Gasteiger partial charge in [0.15, 0.2) is 12.4 Å². The second kappa shape index (κ2) is 9.65. The Balaban J connectivity index is 1.51. The highest BCUT2D eigenvalue weighted by molar-refractivity contribution is 7.10. The van der Waals surface area contributed by atoms with Crippen molar-refractivity contribution in [1.29, 1.82) is 0 Å². The normalized spacial score (nSPS) is 11.5. The van der Waals surface area contributed by atoms with Gasteiger partial charge in [0.05, 0.1) is 12.3 Å². The van der Waals surface area contributed by atoms with Gasteiger partial charge in [0, 0.05) is 4.88 Å². The van der Waals surface area contributed by atoms with Gasteiger partial charge < -0.3 is 19.8 Å². The van der Waals surface area contributed by atoms with Gasteiger partial charge in [-0.15, -0.1) is 11.3 Å². The molecule has 0 aliphatic rings. The van der Waals surface area contributed by atoms with Crippen molar-refractivity contribution in [3.63, 3.8) is 0 Å². The van der Waals surface area contributed by atoms with E-state index in [0.29, 0.717) is 5.56 Å². The average Bonchev–Trinajstić information content (AvgIpc) is 3.43. The minimum Gasteiger partial charge on any atom is -0.459 e. The van der Waals surface area contributed by atoms with Crippen LogP contribution in [0.3, 0.4) is 0 Å². The van der Waals surface area contributed by atoms with E-state index in [1.165, 1.54) is 35.8 Å². The summed E-state index contributed by atoms with van der Waals surface area (Å²) in [6, 6.07) is 12.0. The molecule has 2 amide bonds. The zero-order valence-corrected chi connectivity index (χ0v) is 15.9. The number of esters is 1. The van der Waals surface area contributed by atoms with Crippen molar-refractivity contribution < 1.29 is 27.9 Å². The van der Waals surface area contributed by atoms with Crippen molar-refractivity contribution >= 4 is 29.1 Å². The van der Waals surface area contributed by atoms with E-state index in [4.69, 9.17) is 9.15 Å². The minimum atomic E-state index is -0.769. The van der Waals surface area contributed by atoms with E-state index in [-0.39, 0.29) is 11.6 Å². The predicted molar refractivity (Wildman–Crippen MR) is 103 cm³/mol. The van der Waals surface area contributed by atoms with Crippen LogP contribution in [0.15, 0.2) is 64.6 Å². The summed E-state index contributed by atoms with van der Waals surface area (Å²) in [6.07, 6.45) is 1.34. The average molecular weight is 416 g/mol. The lowest BCUT2D eigenvalue weighted by Crippen LogP contribution is -2.35. The van der Waals surface area contributed by atoms with Crippen LogP contribution in [0.4, 0.5) is 4.39 Å². The van der Waals surface area contributed by atoms with Gasteiger partial charge in [-0.3, -0.25) is 14.4 Å². The third-order valence-corrected chi connectivity index (χ3v) is 4.78. The van der Waals surface area contributed by atoms with Gasteiger partial charge >= 0.3 is 5.97 Å². The second-order valence-corrected chi connectivity index (χ2v) is 6.87. The summed E-state index contributed by atoms with van der Waals surface area (Å²) in [5.41, 5.74) is 0.694. The first-order chi connectivity index (χ1) is 14.0. The number of benzene rings is 1. The lowest BCUT2D eigenvalue weighted by atomic mass is 10.1. The van der Waals surface area contributed by atoms with Crippen LogP contribution in [0.2, 0.25) is 0 Å². The van der Waals surface area contributed by atoms with E-state index < -0.39 is 37.0 Å². The first kappa shape index (κ1) is 20.3. The van der Waals surface area contributed by atoms with Gasteiger partial charge in [0.25, 0.3) is 11.8 Å². The third-order valence-electron chi connectivity index (χ3n) is 3.84. The molecule has 1 aromatic carbocycles. The van der Waals surface area contributed by atoms with Crippen molar-refractivity contribution in [2.75, 3.05) is 13.2 Å². The van der Waals surface area contributed by atoms with Gasteiger partial charge in [-0.25, -0.2) is 4.39 Å². The summed E-state index contributed by atoms with van der Waals surface area (Å²) < 4.78 is 23.0. The highest BCUT2D eigenvalue weighted by Gasteiger charge is 2.19. The molecule has 3 rings (SSSR count). The molecule has 29 heavy (non-hydrogen) atoms. The van der Waals surface area contributed by atoms with E-state index in [1.54, 1.807) is 18.2 Å². The number of ether oxygens (including phenoxy) is 1. The smallest absolute Gasteiger partial charge is 0.325 e. The SMILES string of the molecule is O=C(COC(=O)CNC(=O)c1ccco1)N[C@@H](c1ccc(F)cc1)c1cccs1. The Morgan fingerprint density at radius 2 is 1.90 bits per heavy atom. The zero-order valence-electron chi connectivity index (χ0n) is 15.1. The van der Waals surface area contributed by atoms with Crippen LogP contribution in [-0.2, 0) is 14.3 Å². The molecular formula is C20H17FN2O5S. The second-order valence-electron chi connectivity index (χ2n) is 5.89. The molecule has 150 valence electrons. The van der Waals surface area contributed by atoms with Crippen LogP contribution in [0.25, 0.3) is 0 Å². The van der Waals surface area contributed by atoms with E-state index in [2.05, 4.69) is 10.6 Å². The molecule has 2 N–H and O–H groups in total. The Bertz CT molecular complexity index is 955. The van der Waals surface area contributed by atoms with E-state index >= 15 is 0 Å². The summed E-state index contributed by atoms with van der Waals surface area (Å²) in [6.45, 7) is -0.919. The molecule has 1 atom stereocenters. The predicted octanol–water partition coefficient (Wildman–Crippen LogP) is 2.66. The quantitative estimate of drug-likeness (QED) is 0.550. The van der Waals surface area contributed by atoms with Crippen LogP contribution < -0.4 is 10.6 Å². The van der Waals surface area contributed by atoms with Crippen molar-refractivity contribution in [2.45, 2.75) is 6.04 Å². The molecule has 2 aromatic heterocycles. The van der Waals surface area contributed by atoms with Crippen molar-refractivity contribution in [3.8, 4) is 0 Å². The monoisotopic (exact) mass is 416 g/mol. The molecule has 3 aromatic rings. The molecule has 0 radical (unpaired) electrons. The van der Waals surface area contributed by atoms with Crippen LogP contribution >= 0.6 is 11.3 Å². The summed E-state index contributed by atoms with van der Waals surface area (Å²) in [5.74, 6) is -2.18. The molecule has 9 heteroatoms. The van der Waals surface area contributed by atoms with Gasteiger partial charge in [-0.1, -0.05) is 18.2 Å². The number of thiophene rings is 1. The number of amides is 2. The molecule has 2 heterocycles. The number of nitrogens with one attached hydrogen (secondary N) is 2. The standard InChI is InChI=1S/C20H17FN2O5S/c21-14-7-5-13(6-8-14)19(16-4-2-10-29-16)23-17(24)12-28-18(25)11-22-20(26)15-3-1-9-27-15/h1-10,19H,11-12H2,(H,22,26)(H,23,24)/t19-/m0/s1. The van der Waals surface area contributed by atoms with Gasteiger partial charge in [0.2, 0.25) is 0 Å². The Labute approximate surface area is 169 Å². The van der Waals surface area contributed by atoms with Crippen LogP contribution in [-0.4, -0.2) is 30.9 Å². The lowest BCUT2D eigenvalue weighted by molar-refractivity contribution is -0.147. The Hall–Kier alpha value is -3.46. The van der Waals surface area contributed by atoms with Crippen LogP contribution in [0.1, 0.15) is 27.0 Å². The number of halogens is 1. The fraction of sp³-hybridized carbons (Fsp3) is 0.150. The van der Waals surface area contributed by atoms with Crippen molar-refractivity contribution in [1.82, 2.24) is 10.6 Å². The number of rotatable bonds is 8. The topological polar surface area (TPSA) is 97.6 Å². The lowest BCUT2D eigenvalue weighted by Gasteiger charge is -2.18. The van der Waals surface area contributed by atoms with Crippen LogP contribution in [0.5, 0.6) is 0 Å². The molecule has 0 aliphatic carbocycles. The number of furan rings is 1. The van der Waals surface area contributed by atoms with Gasteiger partial charge in [-0.2, -0.15) is 0 Å². The molecule has 0 saturated carbocycles. The first-order valence-electron chi connectivity index (χ1n) is 8.58. The fourth-order valence-electron chi connectivity index (χ4n) is 2.48. The molecule has 0 fully saturated rings. The van der Waals surface area contributed by atoms with E-state index in [0.717, 1.165) is 4.88 Å². The zero-order chi connectivity index (χ0) is 20.6. The summed E-state index contributed by atoms with van der Waals surface area (Å²) >= 11 is 1.43. The largest absolute Gasteiger partial charge is 0.459 e. The maximum absolute atomic E-state index is 13.2. The minimum absolute atomic E-state index is 0.0635. The summed E-state index contributed by atoms with van der Waals surface area (Å²) in [5, 5.41) is 6.96. The maximum atomic E-state index is 13.2. The Morgan fingerprint density at radius 3 is 2.55 bits per heavy atom. The molecule has 0 spiro atoms. The van der Waals surface area contributed by atoms with Crippen molar-refractivity contribution in [3.05, 3.63) is 82.2 Å². The molecule has 0 aliphatic heterocycles. The summed E-state index contributed by atoms with van der Waals surface area (Å²) in [4.78, 5) is 36.6. The molecule has 0 unspecified atom stereocenters. The number of carbonyl (C=O) groups is 3. The summed E-state index contributed by atoms with van der Waals surface area (Å²) in [7, 11) is 0. The fourth-order valence-corrected chi connectivity index (χ4v) is 3.28. The maximum Gasteiger partial charge on any atom is 0.325 e. The molecule has 0 saturated heterocycles. The highest BCUT2D eigenvalue weighted by Crippen LogP contribution is 2.26. The number of hydrogen-bond donors (Lipinski definition) is 2. The Morgan fingerprint density at radius 1 is 1.10 bits per heavy atom. The third kappa shape index (κ3) is 5.76. The van der Waals surface area contributed by atoms with Gasteiger partial charge in [-0.05, 0) is 41.3 Å². The molecular weight excluding hydrogens is 399 g/mol. The first-order valence-corrected chi connectivity index (χ1v) is 9.46. The van der Waals surface area contributed by atoms with E-state index in [9.17, 15) is 18.8 Å². The molecule has 0 bridgehead atoms. The Kier molecular flexibility index (Phi) is 6.75. The highest BCUT2D eigenvalue weighted by atomic mass is 32.1. The van der Waals surface area contributed by atoms with Gasteiger partial charge in [0.1, 0.15) is 12.4 Å². The molecule has 7 nitrogen and oxygen atoms in total. The number of carbonyl (C=O) groups excluding carboxylic acids is 3. The number of hydrogen-bond acceptors (Lipinski definition) is 6. The van der Waals surface area contributed by atoms with E-state index in [1.807, 2.05) is 17.5 Å². The van der Waals surface area contributed by atoms with Crippen LogP contribution in [0, 0.1) is 5.82 Å². The van der Waals surface area contributed by atoms with Crippen molar-refractivity contribution in [2.24, 2.45) is 0 Å².